The molecule has 0 heterocycles. The summed E-state index contributed by atoms with van der Waals surface area (Å²) in [5.41, 5.74) is 3.63. The summed E-state index contributed by atoms with van der Waals surface area (Å²) in [5, 5.41) is 0. The topological polar surface area (TPSA) is 3.24 Å². The average Bonchev–Trinajstić information content (AvgIpc) is 2.57. The molecule has 0 atom stereocenters. The van der Waals surface area contributed by atoms with Crippen LogP contribution in [0.25, 0.3) is 5.57 Å². The van der Waals surface area contributed by atoms with Crippen molar-refractivity contribution < 1.29 is 17.0 Å². The number of nitrogens with zero attached hydrogens (tertiary/aromatic N) is 1. The highest BCUT2D eigenvalue weighted by molar-refractivity contribution is 5.74. The van der Waals surface area contributed by atoms with Crippen molar-refractivity contribution in [2.24, 2.45) is 0 Å². The van der Waals surface area contributed by atoms with Gasteiger partial charge in [-0.3, -0.25) is 0 Å². The first-order valence-corrected chi connectivity index (χ1v) is 5.49. The molecule has 0 aliphatic heterocycles. The third-order valence-corrected chi connectivity index (χ3v) is 2.62. The Morgan fingerprint density at radius 3 is 2.41 bits per heavy atom. The van der Waals surface area contributed by atoms with Gasteiger partial charge in [0.15, 0.2) is 5.57 Å². The Hall–Kier alpha value is -1.37. The zero-order valence-corrected chi connectivity index (χ0v) is 11.7. The van der Waals surface area contributed by atoms with E-state index in [4.69, 9.17) is 0 Å². The standard InChI is InChI=1S/C15H16N.BrH/c1-16(2)15-11-9-14(10-12-15)13-7-5-3-4-6-8-13;/h3-5,7,9-12H,6H2,1-2H3;1H/q+1;/p-1. The van der Waals surface area contributed by atoms with E-state index in [9.17, 15) is 0 Å². The van der Waals surface area contributed by atoms with Gasteiger partial charge in [-0.1, -0.05) is 12.2 Å². The van der Waals surface area contributed by atoms with Crippen LogP contribution in [0, 0.1) is 6.08 Å². The Kier molecular flexibility index (Phi) is 5.14. The van der Waals surface area contributed by atoms with Crippen LogP contribution in [0.4, 0.5) is 5.69 Å². The van der Waals surface area contributed by atoms with Gasteiger partial charge < -0.3 is 21.9 Å². The molecule has 0 spiro atoms. The van der Waals surface area contributed by atoms with E-state index in [2.05, 4.69) is 73.6 Å². The Morgan fingerprint density at radius 1 is 1.06 bits per heavy atom. The number of anilines is 1. The quantitative estimate of drug-likeness (QED) is 0.715. The number of hydrogen-bond donors (Lipinski definition) is 0. The molecule has 1 aliphatic rings. The highest BCUT2D eigenvalue weighted by Gasteiger charge is 2.09. The van der Waals surface area contributed by atoms with Gasteiger partial charge in [0.25, 0.3) is 0 Å². The first-order valence-electron chi connectivity index (χ1n) is 5.49. The predicted molar refractivity (Wildman–Crippen MR) is 70.3 cm³/mol. The molecule has 0 saturated heterocycles. The first-order chi connectivity index (χ1) is 7.77. The smallest absolute Gasteiger partial charge is 0.191 e. The summed E-state index contributed by atoms with van der Waals surface area (Å²) in [6.45, 7) is 0. The number of hydrogen-bond acceptors (Lipinski definition) is 1. The van der Waals surface area contributed by atoms with Crippen LogP contribution >= 0.6 is 0 Å². The Balaban J connectivity index is 0.00000144. The maximum atomic E-state index is 3.38. The molecular formula is C15H16BrN. The van der Waals surface area contributed by atoms with E-state index in [1.807, 2.05) is 0 Å². The van der Waals surface area contributed by atoms with Crippen molar-refractivity contribution in [1.82, 2.24) is 0 Å². The number of halogens is 1. The molecule has 1 aliphatic carbocycles. The fraction of sp³-hybridized carbons (Fsp3) is 0.200. The minimum absolute atomic E-state index is 0. The van der Waals surface area contributed by atoms with Gasteiger partial charge in [0.1, 0.15) is 0 Å². The van der Waals surface area contributed by atoms with E-state index < -0.39 is 0 Å². The third kappa shape index (κ3) is 3.55. The minimum atomic E-state index is 0. The van der Waals surface area contributed by atoms with E-state index in [0.29, 0.717) is 0 Å². The molecule has 0 unspecified atom stereocenters. The summed E-state index contributed by atoms with van der Waals surface area (Å²) >= 11 is 0. The van der Waals surface area contributed by atoms with Crippen molar-refractivity contribution in [3.05, 3.63) is 60.2 Å². The summed E-state index contributed by atoms with van der Waals surface area (Å²) in [6.07, 6.45) is 12.6. The molecule has 0 saturated carbocycles. The zero-order chi connectivity index (χ0) is 11.4. The lowest BCUT2D eigenvalue weighted by molar-refractivity contribution is -0.00000322. The highest BCUT2D eigenvalue weighted by atomic mass is 79.9. The Labute approximate surface area is 114 Å². The minimum Gasteiger partial charge on any atom is -1.00 e. The van der Waals surface area contributed by atoms with E-state index in [0.717, 1.165) is 6.42 Å². The Bertz CT molecular complexity index is 438. The molecule has 0 amide bonds. The van der Waals surface area contributed by atoms with Crippen molar-refractivity contribution in [3.63, 3.8) is 0 Å². The summed E-state index contributed by atoms with van der Waals surface area (Å²) < 4.78 is 0. The molecule has 17 heavy (non-hydrogen) atoms. The second-order valence-corrected chi connectivity index (χ2v) is 4.02. The summed E-state index contributed by atoms with van der Waals surface area (Å²) in [6, 6.07) is 8.56. The first kappa shape index (κ1) is 13.7. The molecule has 0 radical (unpaired) electrons. The molecule has 1 aromatic carbocycles. The van der Waals surface area contributed by atoms with Gasteiger partial charge in [-0.15, -0.1) is 0 Å². The van der Waals surface area contributed by atoms with E-state index >= 15 is 0 Å². The van der Waals surface area contributed by atoms with Crippen molar-refractivity contribution in [2.75, 3.05) is 19.0 Å². The normalized spacial score (nSPS) is 13.2. The van der Waals surface area contributed by atoms with Crippen LogP contribution in [0.1, 0.15) is 12.0 Å². The lowest BCUT2D eigenvalue weighted by Gasteiger charge is -2.11. The fourth-order valence-electron chi connectivity index (χ4n) is 1.66. The van der Waals surface area contributed by atoms with Crippen LogP contribution in [-0.4, -0.2) is 14.1 Å². The van der Waals surface area contributed by atoms with E-state index in [1.165, 1.54) is 16.8 Å². The van der Waals surface area contributed by atoms with Gasteiger partial charge >= 0.3 is 0 Å². The van der Waals surface area contributed by atoms with Crippen molar-refractivity contribution in [1.29, 1.82) is 0 Å². The molecule has 88 valence electrons. The zero-order valence-electron chi connectivity index (χ0n) is 10.2. The molecule has 1 nitrogen and oxygen atoms in total. The van der Waals surface area contributed by atoms with Crippen LogP contribution in [0.15, 0.2) is 48.6 Å². The van der Waals surface area contributed by atoms with Gasteiger partial charge in [0.2, 0.25) is 0 Å². The molecule has 0 N–H and O–H groups in total. The average molecular weight is 290 g/mol. The third-order valence-electron chi connectivity index (χ3n) is 2.62. The van der Waals surface area contributed by atoms with E-state index in [1.54, 1.807) is 0 Å². The predicted octanol–water partition coefficient (Wildman–Crippen LogP) is 0.459. The summed E-state index contributed by atoms with van der Waals surface area (Å²) in [4.78, 5) is 2.10. The molecular weight excluding hydrogens is 274 g/mol. The maximum Gasteiger partial charge on any atom is 0.191 e. The van der Waals surface area contributed by atoms with Gasteiger partial charge in [-0.25, -0.2) is 0 Å². The van der Waals surface area contributed by atoms with Gasteiger partial charge in [-0.05, 0) is 18.2 Å². The van der Waals surface area contributed by atoms with Crippen LogP contribution in [0.5, 0.6) is 0 Å². The molecule has 0 bridgehead atoms. The second kappa shape index (κ2) is 6.39. The molecule has 0 fully saturated rings. The van der Waals surface area contributed by atoms with Crippen LogP contribution < -0.4 is 21.9 Å². The number of allylic oxidation sites excluding steroid dienone is 6. The Morgan fingerprint density at radius 2 is 1.76 bits per heavy atom. The summed E-state index contributed by atoms with van der Waals surface area (Å²) in [7, 11) is 4.10. The van der Waals surface area contributed by atoms with Crippen molar-refractivity contribution in [2.45, 2.75) is 6.42 Å². The maximum absolute atomic E-state index is 3.38. The summed E-state index contributed by atoms with van der Waals surface area (Å²) in [5.74, 6) is 0. The number of rotatable bonds is 2. The van der Waals surface area contributed by atoms with Gasteiger partial charge in [0, 0.05) is 38.0 Å². The van der Waals surface area contributed by atoms with Crippen LogP contribution in [0.3, 0.4) is 0 Å². The van der Waals surface area contributed by atoms with Gasteiger partial charge in [-0.2, -0.15) is 0 Å². The molecule has 1 aromatic rings. The van der Waals surface area contributed by atoms with Crippen LogP contribution in [-0.2, 0) is 0 Å². The van der Waals surface area contributed by atoms with Gasteiger partial charge in [0.05, 0.1) is 18.1 Å². The molecule has 2 heteroatoms. The number of benzene rings is 1. The molecule has 0 aromatic heterocycles. The van der Waals surface area contributed by atoms with Crippen molar-refractivity contribution >= 4 is 11.3 Å². The van der Waals surface area contributed by atoms with Crippen LogP contribution in [0.2, 0.25) is 0 Å². The fourth-order valence-corrected chi connectivity index (χ4v) is 1.66. The lowest BCUT2D eigenvalue weighted by atomic mass is 10.0. The highest BCUT2D eigenvalue weighted by Crippen LogP contribution is 2.21. The largest absolute Gasteiger partial charge is 1.00 e. The molecule has 2 rings (SSSR count). The van der Waals surface area contributed by atoms with Crippen molar-refractivity contribution in [3.8, 4) is 0 Å². The lowest BCUT2D eigenvalue weighted by Crippen LogP contribution is -3.00. The van der Waals surface area contributed by atoms with E-state index in [-0.39, 0.29) is 17.0 Å². The SMILES string of the molecule is CN(C)c1ccc(C2=[C+]CC=CC=C2)cc1.[Br-]. The second-order valence-electron chi connectivity index (χ2n) is 4.02. The monoisotopic (exact) mass is 289 g/mol.